The molecule has 2 aromatic heterocycles. The predicted molar refractivity (Wildman–Crippen MR) is 107 cm³/mol. The number of carbonyl (C=O) groups excluding carboxylic acids is 1. The second-order valence-corrected chi connectivity index (χ2v) is 7.67. The second kappa shape index (κ2) is 7.89. The zero-order chi connectivity index (χ0) is 19.7. The van der Waals surface area contributed by atoms with Gasteiger partial charge >= 0.3 is 0 Å². The number of benzene rings is 1. The van der Waals surface area contributed by atoms with Gasteiger partial charge in [0.25, 0.3) is 5.91 Å². The molecule has 0 bridgehead atoms. The number of nitrogens with zero attached hydrogens (tertiary/aromatic N) is 4. The first-order valence-corrected chi connectivity index (χ1v) is 9.77. The molecule has 4 rings (SSSR count). The molecule has 3 aromatic rings. The summed E-state index contributed by atoms with van der Waals surface area (Å²) < 4.78 is 5.88. The highest BCUT2D eigenvalue weighted by atomic mass is 35.5. The van der Waals surface area contributed by atoms with Gasteiger partial charge in [0, 0.05) is 30.5 Å². The van der Waals surface area contributed by atoms with Crippen LogP contribution in [0.3, 0.4) is 0 Å². The fourth-order valence-electron chi connectivity index (χ4n) is 3.29. The van der Waals surface area contributed by atoms with E-state index in [0.29, 0.717) is 40.5 Å². The monoisotopic (exact) mass is 416 g/mol. The maximum absolute atomic E-state index is 12.8. The summed E-state index contributed by atoms with van der Waals surface area (Å²) >= 11 is 12.0. The largest absolute Gasteiger partial charge is 0.420 e. The van der Waals surface area contributed by atoms with Crippen molar-refractivity contribution in [2.75, 3.05) is 13.1 Å². The molecule has 1 atom stereocenters. The fourth-order valence-corrected chi connectivity index (χ4v) is 3.58. The van der Waals surface area contributed by atoms with E-state index in [1.165, 1.54) is 0 Å². The van der Waals surface area contributed by atoms with Gasteiger partial charge in [-0.25, -0.2) is 0 Å². The van der Waals surface area contributed by atoms with Crippen LogP contribution in [0.5, 0.6) is 0 Å². The number of aryl methyl sites for hydroxylation is 1. The van der Waals surface area contributed by atoms with Crippen LogP contribution in [0.4, 0.5) is 0 Å². The lowest BCUT2D eigenvalue weighted by molar-refractivity contribution is 0.0698. The molecule has 0 unspecified atom stereocenters. The van der Waals surface area contributed by atoms with Gasteiger partial charge in [0.05, 0.1) is 21.5 Å². The quantitative estimate of drug-likeness (QED) is 0.614. The van der Waals surface area contributed by atoms with E-state index in [0.717, 1.165) is 24.1 Å². The standard InChI is InChI=1S/C20H18Cl2N4O2/c1-12-4-5-14(10-23-12)18-24-25-19(28-18)15-3-2-8-26(11-15)20(27)13-6-7-16(21)17(22)9-13/h4-7,9-10,15H,2-3,8,11H2,1H3/t15-/m1/s1. The predicted octanol–water partition coefficient (Wildman–Crippen LogP) is 4.77. The smallest absolute Gasteiger partial charge is 0.253 e. The first kappa shape index (κ1) is 18.9. The summed E-state index contributed by atoms with van der Waals surface area (Å²) in [6, 6.07) is 8.73. The van der Waals surface area contributed by atoms with E-state index in [9.17, 15) is 4.79 Å². The third-order valence-electron chi connectivity index (χ3n) is 4.82. The average Bonchev–Trinajstić information content (AvgIpc) is 3.20. The maximum atomic E-state index is 12.8. The molecule has 6 nitrogen and oxygen atoms in total. The summed E-state index contributed by atoms with van der Waals surface area (Å²) in [5, 5.41) is 9.16. The summed E-state index contributed by atoms with van der Waals surface area (Å²) in [7, 11) is 0. The van der Waals surface area contributed by atoms with E-state index in [2.05, 4.69) is 15.2 Å². The lowest BCUT2D eigenvalue weighted by Gasteiger charge is -2.31. The minimum absolute atomic E-state index is 0.000120. The minimum Gasteiger partial charge on any atom is -0.420 e. The van der Waals surface area contributed by atoms with Gasteiger partial charge in [0.15, 0.2) is 0 Å². The highest BCUT2D eigenvalue weighted by molar-refractivity contribution is 6.42. The highest BCUT2D eigenvalue weighted by Gasteiger charge is 2.29. The van der Waals surface area contributed by atoms with E-state index in [1.807, 2.05) is 19.1 Å². The van der Waals surface area contributed by atoms with Crippen molar-refractivity contribution in [2.45, 2.75) is 25.7 Å². The summed E-state index contributed by atoms with van der Waals surface area (Å²) in [6.45, 7) is 3.12. The molecule has 1 aromatic carbocycles. The minimum atomic E-state index is -0.0780. The van der Waals surface area contributed by atoms with Crippen molar-refractivity contribution in [3.05, 3.63) is 63.7 Å². The van der Waals surface area contributed by atoms with Crippen molar-refractivity contribution in [1.29, 1.82) is 0 Å². The molecule has 28 heavy (non-hydrogen) atoms. The number of pyridine rings is 1. The zero-order valence-corrected chi connectivity index (χ0v) is 16.7. The van der Waals surface area contributed by atoms with E-state index in [-0.39, 0.29) is 11.8 Å². The van der Waals surface area contributed by atoms with Crippen LogP contribution in [0.15, 0.2) is 40.9 Å². The number of rotatable bonds is 3. The molecular weight excluding hydrogens is 399 g/mol. The molecule has 0 N–H and O–H groups in total. The average molecular weight is 417 g/mol. The molecular formula is C20H18Cl2N4O2. The van der Waals surface area contributed by atoms with Crippen LogP contribution in [0.25, 0.3) is 11.5 Å². The van der Waals surface area contributed by atoms with Crippen LogP contribution in [0.2, 0.25) is 10.0 Å². The van der Waals surface area contributed by atoms with Gasteiger partial charge < -0.3 is 9.32 Å². The Morgan fingerprint density at radius 3 is 2.79 bits per heavy atom. The third-order valence-corrected chi connectivity index (χ3v) is 5.56. The Bertz CT molecular complexity index is 1000. The zero-order valence-electron chi connectivity index (χ0n) is 15.2. The number of carbonyl (C=O) groups is 1. The molecule has 1 saturated heterocycles. The summed E-state index contributed by atoms with van der Waals surface area (Å²) in [6.07, 6.45) is 3.47. The van der Waals surface area contributed by atoms with Gasteiger partial charge in [-0.3, -0.25) is 9.78 Å². The van der Waals surface area contributed by atoms with E-state index < -0.39 is 0 Å². The topological polar surface area (TPSA) is 72.1 Å². The van der Waals surface area contributed by atoms with Crippen LogP contribution in [-0.2, 0) is 0 Å². The van der Waals surface area contributed by atoms with Crippen LogP contribution in [0.1, 0.15) is 40.7 Å². The molecule has 1 fully saturated rings. The van der Waals surface area contributed by atoms with Crippen LogP contribution in [-0.4, -0.2) is 39.1 Å². The normalized spacial score (nSPS) is 17.0. The third kappa shape index (κ3) is 3.88. The fraction of sp³-hybridized carbons (Fsp3) is 0.300. The van der Waals surface area contributed by atoms with Gasteiger partial charge in [0.2, 0.25) is 11.8 Å². The molecule has 1 aliphatic heterocycles. The number of likely N-dealkylation sites (tertiary alicyclic amines) is 1. The van der Waals surface area contributed by atoms with Crippen molar-refractivity contribution in [3.8, 4) is 11.5 Å². The molecule has 1 amide bonds. The molecule has 0 radical (unpaired) electrons. The van der Waals surface area contributed by atoms with Crippen molar-refractivity contribution < 1.29 is 9.21 Å². The molecule has 8 heteroatoms. The summed E-state index contributed by atoms with van der Waals surface area (Å²) in [4.78, 5) is 18.9. The summed E-state index contributed by atoms with van der Waals surface area (Å²) in [5.41, 5.74) is 2.23. The van der Waals surface area contributed by atoms with E-state index in [4.69, 9.17) is 27.6 Å². The van der Waals surface area contributed by atoms with Gasteiger partial charge in [-0.15, -0.1) is 10.2 Å². The second-order valence-electron chi connectivity index (χ2n) is 6.85. The Balaban J connectivity index is 1.50. The highest BCUT2D eigenvalue weighted by Crippen LogP contribution is 2.30. The Morgan fingerprint density at radius 1 is 1.18 bits per heavy atom. The van der Waals surface area contributed by atoms with Crippen LogP contribution in [0, 0.1) is 6.92 Å². The molecule has 1 aliphatic rings. The lowest BCUT2D eigenvalue weighted by atomic mass is 9.97. The first-order chi connectivity index (χ1) is 13.5. The van der Waals surface area contributed by atoms with Crippen molar-refractivity contribution in [2.24, 2.45) is 0 Å². The Kier molecular flexibility index (Phi) is 5.33. The van der Waals surface area contributed by atoms with Crippen LogP contribution >= 0.6 is 23.2 Å². The number of hydrogen-bond donors (Lipinski definition) is 0. The number of halogens is 2. The van der Waals surface area contributed by atoms with Gasteiger partial charge in [-0.05, 0) is 50.1 Å². The van der Waals surface area contributed by atoms with E-state index in [1.54, 1.807) is 29.3 Å². The SMILES string of the molecule is Cc1ccc(-c2nnc([C@@H]3CCCN(C(=O)c4ccc(Cl)c(Cl)c4)C3)o2)cn1. The number of piperidine rings is 1. The number of hydrogen-bond acceptors (Lipinski definition) is 5. The maximum Gasteiger partial charge on any atom is 0.253 e. The van der Waals surface area contributed by atoms with E-state index >= 15 is 0 Å². The van der Waals surface area contributed by atoms with Gasteiger partial charge in [-0.2, -0.15) is 0 Å². The Hall–Kier alpha value is -2.44. The molecule has 3 heterocycles. The molecule has 0 saturated carbocycles. The Labute approximate surface area is 172 Å². The first-order valence-electron chi connectivity index (χ1n) is 9.02. The Morgan fingerprint density at radius 2 is 2.04 bits per heavy atom. The molecule has 144 valence electrons. The van der Waals surface area contributed by atoms with Crippen LogP contribution < -0.4 is 0 Å². The van der Waals surface area contributed by atoms with Crippen molar-refractivity contribution >= 4 is 29.1 Å². The number of aromatic nitrogens is 3. The number of amides is 1. The molecule has 0 spiro atoms. The molecule has 0 aliphatic carbocycles. The van der Waals surface area contributed by atoms with Crippen molar-refractivity contribution in [1.82, 2.24) is 20.1 Å². The van der Waals surface area contributed by atoms with Gasteiger partial charge in [0.1, 0.15) is 0 Å². The van der Waals surface area contributed by atoms with Crippen molar-refractivity contribution in [3.63, 3.8) is 0 Å². The summed E-state index contributed by atoms with van der Waals surface area (Å²) in [5.74, 6) is 0.906. The lowest BCUT2D eigenvalue weighted by Crippen LogP contribution is -2.39. The van der Waals surface area contributed by atoms with Gasteiger partial charge in [-0.1, -0.05) is 23.2 Å².